The van der Waals surface area contributed by atoms with E-state index in [4.69, 9.17) is 0 Å². The van der Waals surface area contributed by atoms with E-state index in [1.54, 1.807) is 12.1 Å². The predicted molar refractivity (Wildman–Crippen MR) is 70.5 cm³/mol. The molecule has 1 fully saturated rings. The molecule has 3 heteroatoms. The fourth-order valence-electron chi connectivity index (χ4n) is 2.34. The smallest absolute Gasteiger partial charge is 0.228 e. The molecule has 0 radical (unpaired) electrons. The summed E-state index contributed by atoms with van der Waals surface area (Å²) < 4.78 is 0. The number of nitrogens with one attached hydrogen (secondary N) is 1. The molecular formula is C15H19NO2. The number of Topliss-reactive ketones (excluding diaryl/α,β-unsaturated/α-hetero) is 1. The van der Waals surface area contributed by atoms with Gasteiger partial charge in [-0.25, -0.2) is 0 Å². The molecule has 0 aliphatic heterocycles. The molecule has 1 saturated carbocycles. The van der Waals surface area contributed by atoms with Crippen LogP contribution in [0.15, 0.2) is 24.3 Å². The number of hydrogen-bond donors (Lipinski definition) is 1. The van der Waals surface area contributed by atoms with Crippen LogP contribution in [0, 0.1) is 6.92 Å². The highest BCUT2D eigenvalue weighted by molar-refractivity contribution is 6.07. The Labute approximate surface area is 108 Å². The Morgan fingerprint density at radius 1 is 1.17 bits per heavy atom. The van der Waals surface area contributed by atoms with E-state index in [1.165, 1.54) is 12.8 Å². The standard InChI is InChI=1S/C15H19NO2/c1-11-6-8-12(9-7-11)14(17)10-15(18)16-13-4-2-3-5-13/h6-9,13H,2-5,10H2,1H3,(H,16,18). The summed E-state index contributed by atoms with van der Waals surface area (Å²) in [6, 6.07) is 7.62. The van der Waals surface area contributed by atoms with Crippen molar-refractivity contribution in [3.05, 3.63) is 35.4 Å². The first-order valence-corrected chi connectivity index (χ1v) is 6.54. The van der Waals surface area contributed by atoms with Gasteiger partial charge in [-0.2, -0.15) is 0 Å². The van der Waals surface area contributed by atoms with Crippen LogP contribution < -0.4 is 5.32 Å². The van der Waals surface area contributed by atoms with Crippen LogP contribution in [0.5, 0.6) is 0 Å². The van der Waals surface area contributed by atoms with Crippen LogP contribution in [0.3, 0.4) is 0 Å². The second-order valence-electron chi connectivity index (χ2n) is 5.01. The van der Waals surface area contributed by atoms with Gasteiger partial charge in [-0.05, 0) is 19.8 Å². The summed E-state index contributed by atoms with van der Waals surface area (Å²) in [6.45, 7) is 1.97. The van der Waals surface area contributed by atoms with Crippen molar-refractivity contribution in [2.75, 3.05) is 0 Å². The minimum Gasteiger partial charge on any atom is -0.353 e. The summed E-state index contributed by atoms with van der Waals surface area (Å²) >= 11 is 0. The van der Waals surface area contributed by atoms with E-state index < -0.39 is 0 Å². The highest BCUT2D eigenvalue weighted by Crippen LogP contribution is 2.17. The van der Waals surface area contributed by atoms with Gasteiger partial charge in [-0.1, -0.05) is 42.7 Å². The van der Waals surface area contributed by atoms with Crippen molar-refractivity contribution < 1.29 is 9.59 Å². The van der Waals surface area contributed by atoms with Crippen molar-refractivity contribution in [2.24, 2.45) is 0 Å². The van der Waals surface area contributed by atoms with Gasteiger partial charge in [0.2, 0.25) is 5.91 Å². The minimum absolute atomic E-state index is 0.0421. The van der Waals surface area contributed by atoms with Gasteiger partial charge in [0.25, 0.3) is 0 Å². The van der Waals surface area contributed by atoms with Crippen LogP contribution in [0.4, 0.5) is 0 Å². The Balaban J connectivity index is 1.86. The number of carbonyl (C=O) groups excluding carboxylic acids is 2. The number of amides is 1. The molecule has 18 heavy (non-hydrogen) atoms. The minimum atomic E-state index is -0.146. The van der Waals surface area contributed by atoms with E-state index >= 15 is 0 Å². The number of hydrogen-bond acceptors (Lipinski definition) is 2. The second kappa shape index (κ2) is 5.80. The quantitative estimate of drug-likeness (QED) is 0.654. The molecule has 2 rings (SSSR count). The second-order valence-corrected chi connectivity index (χ2v) is 5.01. The largest absolute Gasteiger partial charge is 0.353 e. The molecule has 1 aliphatic rings. The first-order chi connectivity index (χ1) is 8.65. The highest BCUT2D eigenvalue weighted by atomic mass is 16.2. The van der Waals surface area contributed by atoms with Crippen molar-refractivity contribution in [3.8, 4) is 0 Å². The molecule has 0 saturated heterocycles. The molecule has 1 aromatic rings. The van der Waals surface area contributed by atoms with Crippen molar-refractivity contribution in [2.45, 2.75) is 45.1 Å². The van der Waals surface area contributed by atoms with Crippen LogP contribution in [0.25, 0.3) is 0 Å². The normalized spacial score (nSPS) is 15.6. The summed E-state index contributed by atoms with van der Waals surface area (Å²) in [4.78, 5) is 23.6. The van der Waals surface area contributed by atoms with Crippen LogP contribution in [-0.2, 0) is 4.79 Å². The lowest BCUT2D eigenvalue weighted by molar-refractivity contribution is -0.120. The first kappa shape index (κ1) is 12.8. The van der Waals surface area contributed by atoms with Gasteiger partial charge < -0.3 is 5.32 Å². The summed E-state index contributed by atoms with van der Waals surface area (Å²) in [5.74, 6) is -0.252. The van der Waals surface area contributed by atoms with Crippen molar-refractivity contribution in [3.63, 3.8) is 0 Å². The molecular weight excluding hydrogens is 226 g/mol. The van der Waals surface area contributed by atoms with E-state index in [1.807, 2.05) is 19.1 Å². The van der Waals surface area contributed by atoms with E-state index in [-0.39, 0.29) is 24.2 Å². The average Bonchev–Trinajstić information content (AvgIpc) is 2.82. The summed E-state index contributed by atoms with van der Waals surface area (Å²) in [5.41, 5.74) is 1.73. The van der Waals surface area contributed by atoms with Crippen LogP contribution in [-0.4, -0.2) is 17.7 Å². The number of aryl methyl sites for hydroxylation is 1. The van der Waals surface area contributed by atoms with Gasteiger partial charge in [0.1, 0.15) is 0 Å². The maximum absolute atomic E-state index is 11.9. The first-order valence-electron chi connectivity index (χ1n) is 6.54. The van der Waals surface area contributed by atoms with Gasteiger partial charge in [0.15, 0.2) is 5.78 Å². The Hall–Kier alpha value is -1.64. The maximum Gasteiger partial charge on any atom is 0.228 e. The van der Waals surface area contributed by atoms with Gasteiger partial charge >= 0.3 is 0 Å². The fourth-order valence-corrected chi connectivity index (χ4v) is 2.34. The Kier molecular flexibility index (Phi) is 4.13. The lowest BCUT2D eigenvalue weighted by Gasteiger charge is -2.11. The Morgan fingerprint density at radius 3 is 2.39 bits per heavy atom. The molecule has 1 amide bonds. The number of ketones is 1. The van der Waals surface area contributed by atoms with Crippen LogP contribution in [0.2, 0.25) is 0 Å². The Morgan fingerprint density at radius 2 is 1.78 bits per heavy atom. The zero-order valence-electron chi connectivity index (χ0n) is 10.7. The lowest BCUT2D eigenvalue weighted by atomic mass is 10.1. The highest BCUT2D eigenvalue weighted by Gasteiger charge is 2.19. The summed E-state index contributed by atoms with van der Waals surface area (Å²) in [7, 11) is 0. The molecule has 1 aliphatic carbocycles. The number of carbonyl (C=O) groups is 2. The van der Waals surface area contributed by atoms with Gasteiger partial charge in [0, 0.05) is 11.6 Å². The average molecular weight is 245 g/mol. The lowest BCUT2D eigenvalue weighted by Crippen LogP contribution is -2.33. The monoisotopic (exact) mass is 245 g/mol. The SMILES string of the molecule is Cc1ccc(C(=O)CC(=O)NC2CCCC2)cc1. The molecule has 1 aromatic carbocycles. The fraction of sp³-hybridized carbons (Fsp3) is 0.467. The summed E-state index contributed by atoms with van der Waals surface area (Å²) in [5, 5.41) is 2.93. The Bertz CT molecular complexity index is 430. The van der Waals surface area contributed by atoms with Gasteiger partial charge in [0.05, 0.1) is 6.42 Å². The molecule has 0 unspecified atom stereocenters. The third-order valence-corrected chi connectivity index (χ3v) is 3.41. The molecule has 0 atom stereocenters. The molecule has 0 spiro atoms. The van der Waals surface area contributed by atoms with E-state index in [2.05, 4.69) is 5.32 Å². The molecule has 96 valence electrons. The third kappa shape index (κ3) is 3.42. The molecule has 1 N–H and O–H groups in total. The van der Waals surface area contributed by atoms with Crippen molar-refractivity contribution in [1.29, 1.82) is 0 Å². The topological polar surface area (TPSA) is 46.2 Å². The van der Waals surface area contributed by atoms with E-state index in [0.717, 1.165) is 18.4 Å². The number of benzene rings is 1. The van der Waals surface area contributed by atoms with Gasteiger partial charge in [-0.3, -0.25) is 9.59 Å². The van der Waals surface area contributed by atoms with Crippen LogP contribution >= 0.6 is 0 Å². The van der Waals surface area contributed by atoms with Crippen molar-refractivity contribution in [1.82, 2.24) is 5.32 Å². The zero-order valence-corrected chi connectivity index (χ0v) is 10.7. The van der Waals surface area contributed by atoms with Crippen molar-refractivity contribution >= 4 is 11.7 Å². The van der Waals surface area contributed by atoms with Gasteiger partial charge in [-0.15, -0.1) is 0 Å². The molecule has 0 aromatic heterocycles. The predicted octanol–water partition coefficient (Wildman–Crippen LogP) is 2.63. The third-order valence-electron chi connectivity index (χ3n) is 3.41. The molecule has 0 bridgehead atoms. The number of rotatable bonds is 4. The summed E-state index contributed by atoms with van der Waals surface area (Å²) in [6.07, 6.45) is 4.40. The molecule has 3 nitrogen and oxygen atoms in total. The zero-order chi connectivity index (χ0) is 13.0. The maximum atomic E-state index is 11.9. The van der Waals surface area contributed by atoms with E-state index in [9.17, 15) is 9.59 Å². The van der Waals surface area contributed by atoms with E-state index in [0.29, 0.717) is 5.56 Å². The molecule has 0 heterocycles. The van der Waals surface area contributed by atoms with Crippen LogP contribution in [0.1, 0.15) is 48.0 Å².